The third-order valence-electron chi connectivity index (χ3n) is 5.27. The van der Waals surface area contributed by atoms with Gasteiger partial charge in [0.15, 0.2) is 0 Å². The predicted molar refractivity (Wildman–Crippen MR) is 98.4 cm³/mol. The van der Waals surface area contributed by atoms with Gasteiger partial charge in [-0.2, -0.15) is 0 Å². The van der Waals surface area contributed by atoms with E-state index < -0.39 is 0 Å². The smallest absolute Gasteiger partial charge is 0.234 e. The summed E-state index contributed by atoms with van der Waals surface area (Å²) < 4.78 is 13.0. The number of nitrogens with zero attached hydrogens (tertiary/aromatic N) is 4. The molecule has 2 atom stereocenters. The van der Waals surface area contributed by atoms with Gasteiger partial charge in [-0.1, -0.05) is 17.3 Å². The Morgan fingerprint density at radius 1 is 1.37 bits per heavy atom. The molecule has 0 spiro atoms. The zero-order chi connectivity index (χ0) is 18.6. The Morgan fingerprint density at radius 2 is 2.22 bits per heavy atom. The van der Waals surface area contributed by atoms with Gasteiger partial charge in [0.25, 0.3) is 0 Å². The van der Waals surface area contributed by atoms with Crippen molar-refractivity contribution in [2.24, 2.45) is 0 Å². The molecule has 0 bridgehead atoms. The minimum atomic E-state index is 0.0532. The molecule has 1 amide bonds. The summed E-state index contributed by atoms with van der Waals surface area (Å²) in [5.74, 6) is 0.894. The first-order chi connectivity index (χ1) is 13.2. The predicted octanol–water partition coefficient (Wildman–Crippen LogP) is 0.791. The minimum absolute atomic E-state index is 0.0532. The third-order valence-corrected chi connectivity index (χ3v) is 5.27. The summed E-state index contributed by atoms with van der Waals surface area (Å²) in [5.41, 5.74) is 2.18. The number of hydrogen-bond acceptors (Lipinski definition) is 6. The molecule has 3 heterocycles. The summed E-state index contributed by atoms with van der Waals surface area (Å²) in [7, 11) is 1.65. The molecule has 1 saturated heterocycles. The minimum Gasteiger partial charge on any atom is -0.497 e. The number of ether oxygens (including phenoxy) is 2. The van der Waals surface area contributed by atoms with Crippen LogP contribution in [0.5, 0.6) is 5.75 Å². The van der Waals surface area contributed by atoms with Crippen LogP contribution < -0.4 is 10.1 Å². The number of amides is 1. The number of carbonyl (C=O) groups is 1. The van der Waals surface area contributed by atoms with Gasteiger partial charge in [0.1, 0.15) is 5.75 Å². The van der Waals surface area contributed by atoms with E-state index in [0.29, 0.717) is 19.7 Å². The maximum Gasteiger partial charge on any atom is 0.234 e. The molecule has 0 radical (unpaired) electrons. The molecule has 27 heavy (non-hydrogen) atoms. The number of fused-ring (bicyclic) bond motifs is 3. The highest BCUT2D eigenvalue weighted by molar-refractivity contribution is 5.78. The molecule has 144 valence electrons. The van der Waals surface area contributed by atoms with Crippen LogP contribution >= 0.6 is 0 Å². The van der Waals surface area contributed by atoms with Crippen LogP contribution in [0.15, 0.2) is 30.5 Å². The van der Waals surface area contributed by atoms with Crippen molar-refractivity contribution in [3.8, 4) is 5.75 Å². The summed E-state index contributed by atoms with van der Waals surface area (Å²) in [5, 5.41) is 11.2. The SMILES string of the molecule is COc1ccc(CCNC(=O)CN2CC[C@H]3OCc4cnnn4[C@H]3C2)cc1. The van der Waals surface area contributed by atoms with Gasteiger partial charge in [-0.15, -0.1) is 5.10 Å². The maximum absolute atomic E-state index is 12.3. The van der Waals surface area contributed by atoms with Crippen molar-refractivity contribution in [3.63, 3.8) is 0 Å². The summed E-state index contributed by atoms with van der Waals surface area (Å²) in [6, 6.07) is 8.05. The molecule has 8 nitrogen and oxygen atoms in total. The Morgan fingerprint density at radius 3 is 3.04 bits per heavy atom. The van der Waals surface area contributed by atoms with E-state index in [9.17, 15) is 4.79 Å². The summed E-state index contributed by atoms with van der Waals surface area (Å²) in [6.45, 7) is 3.21. The molecule has 1 N–H and O–H groups in total. The zero-order valence-corrected chi connectivity index (χ0v) is 15.5. The molecule has 0 saturated carbocycles. The number of rotatable bonds is 6. The van der Waals surface area contributed by atoms with E-state index in [0.717, 1.165) is 37.4 Å². The van der Waals surface area contributed by atoms with Crippen molar-refractivity contribution in [3.05, 3.63) is 41.7 Å². The van der Waals surface area contributed by atoms with Crippen LogP contribution in [-0.2, 0) is 22.6 Å². The fourth-order valence-electron chi connectivity index (χ4n) is 3.79. The topological polar surface area (TPSA) is 81.5 Å². The van der Waals surface area contributed by atoms with Crippen molar-refractivity contribution in [2.45, 2.75) is 31.6 Å². The molecule has 2 aromatic rings. The second-order valence-electron chi connectivity index (χ2n) is 7.06. The molecule has 2 aliphatic heterocycles. The van der Waals surface area contributed by atoms with Gasteiger partial charge in [0.2, 0.25) is 5.91 Å². The van der Waals surface area contributed by atoms with E-state index in [1.807, 2.05) is 28.9 Å². The average molecular weight is 371 g/mol. The Balaban J connectivity index is 1.24. The van der Waals surface area contributed by atoms with E-state index in [1.165, 1.54) is 5.56 Å². The fraction of sp³-hybridized carbons (Fsp3) is 0.526. The Bertz CT molecular complexity index is 776. The molecule has 1 fully saturated rings. The molecule has 0 unspecified atom stereocenters. The number of methoxy groups -OCH3 is 1. The van der Waals surface area contributed by atoms with Gasteiger partial charge in [-0.3, -0.25) is 9.69 Å². The lowest BCUT2D eigenvalue weighted by Gasteiger charge is -2.40. The maximum atomic E-state index is 12.3. The van der Waals surface area contributed by atoms with Crippen molar-refractivity contribution in [1.82, 2.24) is 25.2 Å². The van der Waals surface area contributed by atoms with Gasteiger partial charge < -0.3 is 14.8 Å². The molecule has 0 aliphatic carbocycles. The highest BCUT2D eigenvalue weighted by atomic mass is 16.5. The van der Waals surface area contributed by atoms with E-state index in [-0.39, 0.29) is 18.1 Å². The van der Waals surface area contributed by atoms with Crippen molar-refractivity contribution >= 4 is 5.91 Å². The Labute approximate surface area is 158 Å². The average Bonchev–Trinajstić information content (AvgIpc) is 3.18. The van der Waals surface area contributed by atoms with E-state index in [4.69, 9.17) is 9.47 Å². The van der Waals surface area contributed by atoms with Crippen LogP contribution in [0.25, 0.3) is 0 Å². The largest absolute Gasteiger partial charge is 0.497 e. The van der Waals surface area contributed by atoms with Crippen LogP contribution in [-0.4, -0.2) is 65.2 Å². The monoisotopic (exact) mass is 371 g/mol. The number of nitrogens with one attached hydrogen (secondary N) is 1. The molecule has 8 heteroatoms. The zero-order valence-electron chi connectivity index (χ0n) is 15.5. The van der Waals surface area contributed by atoms with Gasteiger partial charge >= 0.3 is 0 Å². The van der Waals surface area contributed by atoms with E-state index >= 15 is 0 Å². The molecular formula is C19H25N5O3. The standard InChI is InChI=1S/C19H25N5O3/c1-26-16-4-2-14(3-5-16)6-8-20-19(25)12-23-9-7-18-17(11-23)24-15(13-27-18)10-21-22-24/h2-5,10,17-18H,6-9,11-13H2,1H3,(H,20,25)/t17-,18+/m0/s1. The van der Waals surface area contributed by atoms with Crippen molar-refractivity contribution in [1.29, 1.82) is 0 Å². The van der Waals surface area contributed by atoms with Gasteiger partial charge in [0.05, 0.1) is 44.3 Å². The molecule has 1 aromatic heterocycles. The van der Waals surface area contributed by atoms with Crippen LogP contribution in [0.4, 0.5) is 0 Å². The molecule has 1 aromatic carbocycles. The summed E-state index contributed by atoms with van der Waals surface area (Å²) in [4.78, 5) is 14.5. The second-order valence-corrected chi connectivity index (χ2v) is 7.06. The van der Waals surface area contributed by atoms with Gasteiger partial charge in [0, 0.05) is 19.6 Å². The lowest BCUT2D eigenvalue weighted by Crippen LogP contribution is -2.50. The fourth-order valence-corrected chi connectivity index (χ4v) is 3.79. The molecular weight excluding hydrogens is 346 g/mol. The summed E-state index contributed by atoms with van der Waals surface area (Å²) in [6.07, 6.45) is 3.62. The van der Waals surface area contributed by atoms with E-state index in [2.05, 4.69) is 20.5 Å². The highest BCUT2D eigenvalue weighted by Crippen LogP contribution is 2.29. The number of aromatic nitrogens is 3. The number of benzene rings is 1. The molecule has 2 aliphatic rings. The van der Waals surface area contributed by atoms with Gasteiger partial charge in [-0.05, 0) is 30.5 Å². The van der Waals surface area contributed by atoms with E-state index in [1.54, 1.807) is 13.3 Å². The Kier molecular flexibility index (Phi) is 5.35. The third kappa shape index (κ3) is 4.12. The van der Waals surface area contributed by atoms with Crippen molar-refractivity contribution < 1.29 is 14.3 Å². The van der Waals surface area contributed by atoms with Crippen LogP contribution in [0, 0.1) is 0 Å². The first-order valence-corrected chi connectivity index (χ1v) is 9.35. The highest BCUT2D eigenvalue weighted by Gasteiger charge is 2.36. The normalized spacial score (nSPS) is 22.0. The van der Waals surface area contributed by atoms with Crippen LogP contribution in [0.1, 0.15) is 23.7 Å². The Hall–Kier alpha value is -2.45. The second kappa shape index (κ2) is 8.06. The summed E-state index contributed by atoms with van der Waals surface area (Å²) >= 11 is 0. The lowest BCUT2D eigenvalue weighted by atomic mass is 10.0. The number of hydrogen-bond donors (Lipinski definition) is 1. The number of carbonyl (C=O) groups excluding carboxylic acids is 1. The lowest BCUT2D eigenvalue weighted by molar-refractivity contribution is -0.124. The van der Waals surface area contributed by atoms with Crippen LogP contribution in [0.2, 0.25) is 0 Å². The van der Waals surface area contributed by atoms with Crippen molar-refractivity contribution in [2.75, 3.05) is 33.3 Å². The van der Waals surface area contributed by atoms with Gasteiger partial charge in [-0.25, -0.2) is 4.68 Å². The first-order valence-electron chi connectivity index (χ1n) is 9.35. The number of piperidine rings is 1. The van der Waals surface area contributed by atoms with Crippen LogP contribution in [0.3, 0.4) is 0 Å². The first kappa shape index (κ1) is 17.9. The quantitative estimate of drug-likeness (QED) is 0.809. The number of likely N-dealkylation sites (tertiary alicyclic amines) is 1. The molecule has 4 rings (SSSR count).